The van der Waals surface area contributed by atoms with Crippen LogP contribution >= 0.6 is 11.6 Å². The van der Waals surface area contributed by atoms with E-state index >= 15 is 0 Å². The van der Waals surface area contributed by atoms with Crippen molar-refractivity contribution in [3.05, 3.63) is 34.9 Å². The topological polar surface area (TPSA) is 72.0 Å². The van der Waals surface area contributed by atoms with Crippen molar-refractivity contribution in [2.75, 3.05) is 7.11 Å². The minimum Gasteiger partial charge on any atom is -0.453 e. The number of quaternary nitrogens is 1. The Balaban J connectivity index is 2.62. The Morgan fingerprint density at radius 2 is 1.95 bits per heavy atom. The molecule has 104 valence electrons. The van der Waals surface area contributed by atoms with Crippen molar-refractivity contribution in [1.82, 2.24) is 5.32 Å². The SMILES string of the molecule is COC(=O)NC(=O)[C@@H](C)[NH2+][C@@H](C)c1ccccc1Cl. The van der Waals surface area contributed by atoms with Gasteiger partial charge in [-0.1, -0.05) is 29.8 Å². The average molecular weight is 286 g/mol. The summed E-state index contributed by atoms with van der Waals surface area (Å²) in [4.78, 5) is 22.6. The number of amides is 2. The predicted octanol–water partition coefficient (Wildman–Crippen LogP) is 1.24. The molecule has 0 aromatic heterocycles. The zero-order chi connectivity index (χ0) is 14.4. The second kappa shape index (κ2) is 7.11. The summed E-state index contributed by atoms with van der Waals surface area (Å²) in [5, 5.41) is 4.63. The lowest BCUT2D eigenvalue weighted by Gasteiger charge is -2.17. The van der Waals surface area contributed by atoms with Crippen LogP contribution in [0.4, 0.5) is 4.79 Å². The van der Waals surface area contributed by atoms with Crippen LogP contribution < -0.4 is 10.6 Å². The zero-order valence-corrected chi connectivity index (χ0v) is 11.9. The normalized spacial score (nSPS) is 13.5. The van der Waals surface area contributed by atoms with Crippen LogP contribution in [0.25, 0.3) is 0 Å². The van der Waals surface area contributed by atoms with E-state index in [4.69, 9.17) is 11.6 Å². The molecule has 19 heavy (non-hydrogen) atoms. The summed E-state index contributed by atoms with van der Waals surface area (Å²) in [7, 11) is 1.21. The van der Waals surface area contributed by atoms with Crippen molar-refractivity contribution in [3.63, 3.8) is 0 Å². The lowest BCUT2D eigenvalue weighted by Crippen LogP contribution is -2.92. The third kappa shape index (κ3) is 4.54. The molecule has 3 N–H and O–H groups in total. The van der Waals surface area contributed by atoms with Crippen molar-refractivity contribution >= 4 is 23.6 Å². The number of nitrogens with one attached hydrogen (secondary N) is 1. The smallest absolute Gasteiger partial charge is 0.413 e. The standard InChI is InChI=1S/C13H17ClN2O3/c1-8(10-6-4-5-7-11(10)14)15-9(2)12(17)16-13(18)19-3/h4-9,15H,1-3H3,(H,16,17,18)/p+1/t8-,9+/m0/s1. The van der Waals surface area contributed by atoms with E-state index < -0.39 is 18.0 Å². The molecule has 0 radical (unpaired) electrons. The summed E-state index contributed by atoms with van der Waals surface area (Å²) in [6.45, 7) is 3.66. The molecule has 0 saturated heterocycles. The summed E-state index contributed by atoms with van der Waals surface area (Å²) < 4.78 is 4.37. The summed E-state index contributed by atoms with van der Waals surface area (Å²) in [6, 6.07) is 7.04. The number of rotatable bonds is 4. The quantitative estimate of drug-likeness (QED) is 0.874. The van der Waals surface area contributed by atoms with Crippen LogP contribution in [0.1, 0.15) is 25.5 Å². The number of nitrogens with two attached hydrogens (primary N) is 1. The second-order valence-corrected chi connectivity index (χ2v) is 4.68. The molecule has 1 aromatic rings. The van der Waals surface area contributed by atoms with Crippen molar-refractivity contribution in [1.29, 1.82) is 0 Å². The van der Waals surface area contributed by atoms with Gasteiger partial charge in [0.25, 0.3) is 5.91 Å². The summed E-state index contributed by atoms with van der Waals surface area (Å²) in [5.74, 6) is -0.397. The Morgan fingerprint density at radius 3 is 2.53 bits per heavy atom. The molecule has 0 aliphatic rings. The van der Waals surface area contributed by atoms with Crippen molar-refractivity contribution in [2.24, 2.45) is 0 Å². The van der Waals surface area contributed by atoms with Gasteiger partial charge in [-0.3, -0.25) is 10.1 Å². The van der Waals surface area contributed by atoms with Gasteiger partial charge in [-0.15, -0.1) is 0 Å². The lowest BCUT2D eigenvalue weighted by molar-refractivity contribution is -0.710. The van der Waals surface area contributed by atoms with Gasteiger partial charge in [0.05, 0.1) is 7.11 Å². The number of benzene rings is 1. The first-order chi connectivity index (χ1) is 8.95. The number of hydrogen-bond acceptors (Lipinski definition) is 3. The minimum absolute atomic E-state index is 0.00657. The molecule has 0 spiro atoms. The molecule has 0 aliphatic carbocycles. The van der Waals surface area contributed by atoms with E-state index in [0.717, 1.165) is 5.56 Å². The second-order valence-electron chi connectivity index (χ2n) is 4.27. The third-order valence-corrected chi connectivity index (χ3v) is 3.14. The Labute approximate surface area is 117 Å². The highest BCUT2D eigenvalue weighted by atomic mass is 35.5. The van der Waals surface area contributed by atoms with Crippen molar-refractivity contribution < 1.29 is 19.6 Å². The van der Waals surface area contributed by atoms with Crippen LogP contribution in [0.15, 0.2) is 24.3 Å². The molecular formula is C13H18ClN2O3+. The fraction of sp³-hybridized carbons (Fsp3) is 0.385. The number of carbonyl (C=O) groups excluding carboxylic acids is 2. The van der Waals surface area contributed by atoms with Gasteiger partial charge in [0.15, 0.2) is 6.04 Å². The minimum atomic E-state index is -0.754. The number of methoxy groups -OCH3 is 1. The molecule has 1 aromatic carbocycles. The van der Waals surface area contributed by atoms with Gasteiger partial charge in [-0.2, -0.15) is 0 Å². The van der Waals surface area contributed by atoms with E-state index in [1.165, 1.54) is 7.11 Å². The van der Waals surface area contributed by atoms with E-state index in [2.05, 4.69) is 10.1 Å². The Morgan fingerprint density at radius 1 is 1.32 bits per heavy atom. The van der Waals surface area contributed by atoms with Crippen molar-refractivity contribution in [3.8, 4) is 0 Å². The number of hydrogen-bond donors (Lipinski definition) is 2. The van der Waals surface area contributed by atoms with Gasteiger partial charge in [0.1, 0.15) is 6.04 Å². The van der Waals surface area contributed by atoms with Crippen LogP contribution in [0.2, 0.25) is 5.02 Å². The van der Waals surface area contributed by atoms with Gasteiger partial charge in [-0.05, 0) is 19.9 Å². The molecular weight excluding hydrogens is 268 g/mol. The Hall–Kier alpha value is -1.59. The lowest BCUT2D eigenvalue weighted by atomic mass is 10.1. The van der Waals surface area contributed by atoms with E-state index in [1.807, 2.05) is 30.4 Å². The first-order valence-corrected chi connectivity index (χ1v) is 6.31. The molecule has 2 atom stereocenters. The van der Waals surface area contributed by atoms with Crippen LogP contribution in [0, 0.1) is 0 Å². The van der Waals surface area contributed by atoms with Gasteiger partial charge in [0, 0.05) is 10.6 Å². The summed E-state index contributed by atoms with van der Waals surface area (Å²) in [6.07, 6.45) is -0.754. The molecule has 1 rings (SSSR count). The molecule has 5 nitrogen and oxygen atoms in total. The average Bonchev–Trinajstić information content (AvgIpc) is 2.38. The molecule has 2 amide bonds. The van der Waals surface area contributed by atoms with Gasteiger partial charge in [-0.25, -0.2) is 4.79 Å². The molecule has 0 aliphatic heterocycles. The van der Waals surface area contributed by atoms with Gasteiger partial charge < -0.3 is 10.1 Å². The van der Waals surface area contributed by atoms with Crippen molar-refractivity contribution in [2.45, 2.75) is 25.9 Å². The number of halogens is 1. The number of ether oxygens (including phenoxy) is 1. The van der Waals surface area contributed by atoms with E-state index in [9.17, 15) is 9.59 Å². The predicted molar refractivity (Wildman–Crippen MR) is 71.8 cm³/mol. The Kier molecular flexibility index (Phi) is 5.79. The maximum absolute atomic E-state index is 11.7. The molecule has 0 unspecified atom stereocenters. The number of alkyl carbamates (subject to hydrolysis) is 1. The van der Waals surface area contributed by atoms with Crippen LogP contribution in [-0.2, 0) is 9.53 Å². The summed E-state index contributed by atoms with van der Waals surface area (Å²) >= 11 is 6.09. The molecule has 0 saturated carbocycles. The fourth-order valence-electron chi connectivity index (χ4n) is 1.73. The maximum Gasteiger partial charge on any atom is 0.413 e. The zero-order valence-electron chi connectivity index (χ0n) is 11.1. The molecule has 0 fully saturated rings. The largest absolute Gasteiger partial charge is 0.453 e. The van der Waals surface area contributed by atoms with E-state index in [-0.39, 0.29) is 6.04 Å². The van der Waals surface area contributed by atoms with Crippen LogP contribution in [-0.4, -0.2) is 25.2 Å². The monoisotopic (exact) mass is 285 g/mol. The molecule has 6 heteroatoms. The summed E-state index contributed by atoms with van der Waals surface area (Å²) in [5.41, 5.74) is 0.946. The highest BCUT2D eigenvalue weighted by Gasteiger charge is 2.23. The van der Waals surface area contributed by atoms with Crippen LogP contribution in [0.3, 0.4) is 0 Å². The van der Waals surface area contributed by atoms with Gasteiger partial charge >= 0.3 is 6.09 Å². The maximum atomic E-state index is 11.7. The molecule has 0 heterocycles. The molecule has 0 bridgehead atoms. The third-order valence-electron chi connectivity index (χ3n) is 2.80. The number of carbonyl (C=O) groups is 2. The Bertz CT molecular complexity index is 465. The van der Waals surface area contributed by atoms with Gasteiger partial charge in [0.2, 0.25) is 0 Å². The first kappa shape index (κ1) is 15.5. The van der Waals surface area contributed by atoms with Crippen LogP contribution in [0.5, 0.6) is 0 Å². The first-order valence-electron chi connectivity index (χ1n) is 5.94. The number of imide groups is 1. The van der Waals surface area contributed by atoms with E-state index in [1.54, 1.807) is 13.0 Å². The highest BCUT2D eigenvalue weighted by Crippen LogP contribution is 2.19. The highest BCUT2D eigenvalue weighted by molar-refractivity contribution is 6.31. The fourth-order valence-corrected chi connectivity index (χ4v) is 2.04. The van der Waals surface area contributed by atoms with E-state index in [0.29, 0.717) is 5.02 Å².